The molecule has 1 aliphatic heterocycles. The molecule has 200 valence electrons. The number of carbonyl (C=O) groups is 2. The van der Waals surface area contributed by atoms with Crippen molar-refractivity contribution in [2.24, 2.45) is 0 Å². The third-order valence-electron chi connectivity index (χ3n) is 7.22. The maximum absolute atomic E-state index is 13.9. The minimum atomic E-state index is -4.06. The highest BCUT2D eigenvalue weighted by Gasteiger charge is 2.32. The van der Waals surface area contributed by atoms with Gasteiger partial charge in [0, 0.05) is 54.9 Å². The molecule has 0 saturated heterocycles. The Morgan fingerprint density at radius 3 is 2.77 bits per heavy atom. The molecule has 0 aliphatic carbocycles. The predicted octanol–water partition coefficient (Wildman–Crippen LogP) is 3.76. The van der Waals surface area contributed by atoms with Crippen molar-refractivity contribution in [3.63, 3.8) is 0 Å². The number of aromatic amines is 1. The molecule has 5 rings (SSSR count). The van der Waals surface area contributed by atoms with E-state index in [4.69, 9.17) is 0 Å². The largest absolute Gasteiger partial charge is 0.361 e. The molecule has 1 unspecified atom stereocenters. The molecule has 1 amide bonds. The van der Waals surface area contributed by atoms with E-state index in [0.29, 0.717) is 41.5 Å². The van der Waals surface area contributed by atoms with Crippen LogP contribution in [0.15, 0.2) is 71.9 Å². The standard InChI is InChI=1S/C29H29N5O4S/c1-2-27(35)21-9-8-20-11-15-34(19-22(20)17-21)29(36)26(12-16-33-14-4-5-23(33)18-30)32-39(37,38)28-7-3-6-25-24(28)10-13-31-25/h3-10,13-14,17,26,31-32H,2,11-12,15-16,19H2,1H3. The number of nitrogens with zero attached hydrogens (tertiary/aromatic N) is 3. The molecule has 0 fully saturated rings. The minimum absolute atomic E-state index is 0.0332. The van der Waals surface area contributed by atoms with Gasteiger partial charge in [0.25, 0.3) is 0 Å². The maximum Gasteiger partial charge on any atom is 0.241 e. The van der Waals surface area contributed by atoms with Gasteiger partial charge >= 0.3 is 0 Å². The van der Waals surface area contributed by atoms with Crippen molar-refractivity contribution < 1.29 is 18.0 Å². The van der Waals surface area contributed by atoms with Crippen LogP contribution in [0.1, 0.15) is 46.9 Å². The zero-order valence-corrected chi connectivity index (χ0v) is 22.4. The van der Waals surface area contributed by atoms with Crippen LogP contribution in [0.4, 0.5) is 0 Å². The Bertz CT molecular complexity index is 1700. The van der Waals surface area contributed by atoms with Crippen LogP contribution in [-0.4, -0.2) is 47.1 Å². The summed E-state index contributed by atoms with van der Waals surface area (Å²) in [7, 11) is -4.06. The first-order chi connectivity index (χ1) is 18.8. The molecule has 2 N–H and O–H groups in total. The highest BCUT2D eigenvalue weighted by atomic mass is 32.2. The molecule has 2 aromatic carbocycles. The lowest BCUT2D eigenvalue weighted by Crippen LogP contribution is -2.50. The number of amides is 1. The van der Waals surface area contributed by atoms with Gasteiger partial charge in [0.1, 0.15) is 17.8 Å². The molecule has 4 aromatic rings. The minimum Gasteiger partial charge on any atom is -0.361 e. The fourth-order valence-electron chi connectivity index (χ4n) is 5.10. The fourth-order valence-corrected chi connectivity index (χ4v) is 6.54. The van der Waals surface area contributed by atoms with E-state index in [1.165, 1.54) is 6.07 Å². The van der Waals surface area contributed by atoms with Gasteiger partial charge in [-0.1, -0.05) is 25.1 Å². The lowest BCUT2D eigenvalue weighted by Gasteiger charge is -2.32. The van der Waals surface area contributed by atoms with Gasteiger partial charge in [0.15, 0.2) is 5.78 Å². The molecule has 0 saturated carbocycles. The molecule has 0 radical (unpaired) electrons. The summed E-state index contributed by atoms with van der Waals surface area (Å²) in [4.78, 5) is 30.9. The second-order valence-electron chi connectivity index (χ2n) is 9.63. The molecule has 2 aromatic heterocycles. The topological polar surface area (TPSA) is 128 Å². The van der Waals surface area contributed by atoms with Crippen LogP contribution in [0, 0.1) is 11.3 Å². The summed E-state index contributed by atoms with van der Waals surface area (Å²) in [6.45, 7) is 2.82. The van der Waals surface area contributed by atoms with E-state index in [0.717, 1.165) is 11.1 Å². The Hall–Kier alpha value is -4.20. The van der Waals surface area contributed by atoms with Crippen LogP contribution in [0.2, 0.25) is 0 Å². The van der Waals surface area contributed by atoms with Crippen molar-refractivity contribution in [2.45, 2.75) is 50.2 Å². The molecule has 1 aliphatic rings. The van der Waals surface area contributed by atoms with Gasteiger partial charge in [-0.05, 0) is 60.4 Å². The number of sulfonamides is 1. The average Bonchev–Trinajstić information content (AvgIpc) is 3.62. The van der Waals surface area contributed by atoms with Gasteiger partial charge in [0.05, 0.1) is 4.90 Å². The monoisotopic (exact) mass is 543 g/mol. The van der Waals surface area contributed by atoms with Gasteiger partial charge in [-0.15, -0.1) is 0 Å². The van der Waals surface area contributed by atoms with Gasteiger partial charge in [0.2, 0.25) is 15.9 Å². The Kier molecular flexibility index (Phi) is 7.37. The van der Waals surface area contributed by atoms with Crippen LogP contribution in [0.25, 0.3) is 10.9 Å². The van der Waals surface area contributed by atoms with E-state index in [9.17, 15) is 23.3 Å². The first-order valence-electron chi connectivity index (χ1n) is 12.9. The fraction of sp³-hybridized carbons (Fsp3) is 0.276. The Morgan fingerprint density at radius 2 is 1.97 bits per heavy atom. The van der Waals surface area contributed by atoms with Gasteiger partial charge in [-0.25, -0.2) is 8.42 Å². The smallest absolute Gasteiger partial charge is 0.241 e. The molecule has 10 heteroatoms. The van der Waals surface area contributed by atoms with E-state index in [-0.39, 0.29) is 36.1 Å². The summed E-state index contributed by atoms with van der Waals surface area (Å²) in [5, 5.41) is 9.92. The Labute approximate surface area is 227 Å². The highest BCUT2D eigenvalue weighted by molar-refractivity contribution is 7.89. The summed E-state index contributed by atoms with van der Waals surface area (Å²) in [5.41, 5.74) is 3.69. The summed E-state index contributed by atoms with van der Waals surface area (Å²) in [6.07, 6.45) is 4.56. The van der Waals surface area contributed by atoms with Crippen molar-refractivity contribution in [3.05, 3.63) is 89.4 Å². The number of aromatic nitrogens is 2. The first-order valence-corrected chi connectivity index (χ1v) is 14.4. The van der Waals surface area contributed by atoms with Crippen LogP contribution in [0.5, 0.6) is 0 Å². The molecule has 39 heavy (non-hydrogen) atoms. The SMILES string of the molecule is CCC(=O)c1ccc2c(c1)CN(C(=O)C(CCn1cccc1C#N)NS(=O)(=O)c1cccc3[nH]ccc13)CC2. The number of nitriles is 1. The van der Waals surface area contributed by atoms with E-state index in [2.05, 4.69) is 15.8 Å². The number of rotatable bonds is 9. The second kappa shape index (κ2) is 10.9. The molecule has 9 nitrogen and oxygen atoms in total. The van der Waals surface area contributed by atoms with E-state index >= 15 is 0 Å². The molecular formula is C29H29N5O4S. The van der Waals surface area contributed by atoms with Crippen molar-refractivity contribution in [2.75, 3.05) is 6.54 Å². The lowest BCUT2D eigenvalue weighted by molar-refractivity contribution is -0.134. The van der Waals surface area contributed by atoms with Gasteiger partial charge < -0.3 is 14.5 Å². The number of fused-ring (bicyclic) bond motifs is 2. The molecular weight excluding hydrogens is 514 g/mol. The summed E-state index contributed by atoms with van der Waals surface area (Å²) >= 11 is 0. The number of ketones is 1. The summed E-state index contributed by atoms with van der Waals surface area (Å²) < 4.78 is 31.5. The normalized spacial score (nSPS) is 14.1. The number of H-pyrrole nitrogens is 1. The number of benzene rings is 2. The number of hydrogen-bond acceptors (Lipinski definition) is 5. The molecule has 0 spiro atoms. The number of Topliss-reactive ketones (excluding diaryl/α,β-unsaturated/α-hetero) is 1. The summed E-state index contributed by atoms with van der Waals surface area (Å²) in [6, 6.07) is 16.7. The number of nitrogens with one attached hydrogen (secondary N) is 2. The third-order valence-corrected chi connectivity index (χ3v) is 8.75. The quantitative estimate of drug-likeness (QED) is 0.311. The zero-order chi connectivity index (χ0) is 27.6. The molecule has 3 heterocycles. The van der Waals surface area contributed by atoms with E-state index < -0.39 is 16.1 Å². The predicted molar refractivity (Wildman–Crippen MR) is 146 cm³/mol. The second-order valence-corrected chi connectivity index (χ2v) is 11.3. The van der Waals surface area contributed by atoms with Crippen LogP contribution >= 0.6 is 0 Å². The van der Waals surface area contributed by atoms with Crippen LogP contribution < -0.4 is 4.72 Å². The third kappa shape index (κ3) is 5.37. The van der Waals surface area contributed by atoms with Crippen molar-refractivity contribution in [1.29, 1.82) is 5.26 Å². The van der Waals surface area contributed by atoms with Gasteiger partial charge in [-0.2, -0.15) is 9.98 Å². The van der Waals surface area contributed by atoms with E-state index in [1.54, 1.807) is 52.2 Å². The number of hydrogen-bond donors (Lipinski definition) is 2. The van der Waals surface area contributed by atoms with Gasteiger partial charge in [-0.3, -0.25) is 9.59 Å². The number of aryl methyl sites for hydroxylation is 1. The van der Waals surface area contributed by atoms with Crippen molar-refractivity contribution in [1.82, 2.24) is 19.2 Å². The van der Waals surface area contributed by atoms with Crippen molar-refractivity contribution >= 4 is 32.6 Å². The average molecular weight is 544 g/mol. The Balaban J connectivity index is 1.43. The highest BCUT2D eigenvalue weighted by Crippen LogP contribution is 2.25. The lowest BCUT2D eigenvalue weighted by atomic mass is 9.95. The molecule has 1 atom stereocenters. The molecule has 0 bridgehead atoms. The summed E-state index contributed by atoms with van der Waals surface area (Å²) in [5.74, 6) is -0.311. The maximum atomic E-state index is 13.9. The number of carbonyl (C=O) groups excluding carboxylic acids is 2. The van der Waals surface area contributed by atoms with Crippen molar-refractivity contribution in [3.8, 4) is 6.07 Å². The van der Waals surface area contributed by atoms with Crippen LogP contribution in [0.3, 0.4) is 0 Å². The zero-order valence-electron chi connectivity index (χ0n) is 21.6. The Morgan fingerprint density at radius 1 is 1.13 bits per heavy atom. The van der Waals surface area contributed by atoms with E-state index in [1.807, 2.05) is 25.1 Å². The first kappa shape index (κ1) is 26.4. The van der Waals surface area contributed by atoms with Crippen LogP contribution in [-0.2, 0) is 34.3 Å².